The van der Waals surface area contributed by atoms with Crippen molar-refractivity contribution in [2.24, 2.45) is 0 Å². The topological polar surface area (TPSA) is 63.1 Å². The Morgan fingerprint density at radius 1 is 1.04 bits per heavy atom. The summed E-state index contributed by atoms with van der Waals surface area (Å²) in [6, 6.07) is 7.75. The third-order valence-corrected chi connectivity index (χ3v) is 4.31. The molecule has 0 saturated carbocycles. The van der Waals surface area contributed by atoms with Crippen molar-refractivity contribution in [1.82, 2.24) is 15.2 Å². The largest absolute Gasteiger partial charge is 0.326 e. The Hall–Kier alpha value is -2.82. The molecule has 1 aromatic heterocycles. The van der Waals surface area contributed by atoms with Crippen molar-refractivity contribution in [2.75, 3.05) is 0 Å². The predicted molar refractivity (Wildman–Crippen MR) is 89.4 cm³/mol. The number of benzene rings is 1. The van der Waals surface area contributed by atoms with Crippen LogP contribution in [-0.2, 0) is 4.79 Å². The Balaban J connectivity index is 2.11. The molecule has 5 heteroatoms. The number of nitrogens with zero attached hydrogens (tertiary/aromatic N) is 1. The molecule has 5 nitrogen and oxygen atoms in total. The van der Waals surface area contributed by atoms with Gasteiger partial charge in [0, 0.05) is 17.1 Å². The van der Waals surface area contributed by atoms with Gasteiger partial charge in [-0.25, -0.2) is 4.79 Å². The van der Waals surface area contributed by atoms with Crippen molar-refractivity contribution >= 4 is 18.0 Å². The van der Waals surface area contributed by atoms with Gasteiger partial charge < -0.3 is 9.88 Å². The minimum atomic E-state index is -0.482. The van der Waals surface area contributed by atoms with Gasteiger partial charge in [-0.05, 0) is 62.6 Å². The van der Waals surface area contributed by atoms with Crippen LogP contribution >= 0.6 is 0 Å². The second kappa shape index (κ2) is 5.43. The molecule has 0 bridgehead atoms. The van der Waals surface area contributed by atoms with Gasteiger partial charge in [-0.3, -0.25) is 10.1 Å². The fraction of sp³-hybridized carbons (Fsp3) is 0.222. The number of hydrogen-bond acceptors (Lipinski definition) is 2. The lowest BCUT2D eigenvalue weighted by molar-refractivity contribution is -0.115. The molecule has 1 aliphatic heterocycles. The molecule has 0 aliphatic carbocycles. The van der Waals surface area contributed by atoms with E-state index < -0.39 is 11.9 Å². The standard InChI is InChI=1S/C18H19N3O2/c1-10-6-5-7-16(12(10)3)21-11(2)8-14(13(21)4)9-15-17(22)20-18(23)19-15/h5-9H,1-4H3,(H2,19,20,22,23). The zero-order chi connectivity index (χ0) is 16.7. The van der Waals surface area contributed by atoms with Crippen LogP contribution in [0.2, 0.25) is 0 Å². The number of imide groups is 1. The van der Waals surface area contributed by atoms with Gasteiger partial charge in [0.25, 0.3) is 5.91 Å². The van der Waals surface area contributed by atoms with E-state index in [1.54, 1.807) is 6.08 Å². The Morgan fingerprint density at radius 2 is 1.78 bits per heavy atom. The van der Waals surface area contributed by atoms with Crippen molar-refractivity contribution < 1.29 is 9.59 Å². The molecule has 1 fully saturated rings. The van der Waals surface area contributed by atoms with Gasteiger partial charge in [-0.1, -0.05) is 12.1 Å². The smallest absolute Gasteiger partial charge is 0.318 e. The van der Waals surface area contributed by atoms with Gasteiger partial charge in [-0.15, -0.1) is 0 Å². The van der Waals surface area contributed by atoms with E-state index in [0.717, 1.165) is 22.6 Å². The van der Waals surface area contributed by atoms with Crippen LogP contribution in [0.1, 0.15) is 28.1 Å². The fourth-order valence-electron chi connectivity index (χ4n) is 2.92. The number of urea groups is 1. The Bertz CT molecular complexity index is 859. The molecule has 1 aromatic carbocycles. The van der Waals surface area contributed by atoms with E-state index in [0.29, 0.717) is 0 Å². The minimum absolute atomic E-state index is 0.274. The second-order valence-electron chi connectivity index (χ2n) is 5.85. The van der Waals surface area contributed by atoms with Crippen LogP contribution in [0.5, 0.6) is 0 Å². The third-order valence-electron chi connectivity index (χ3n) is 4.31. The van der Waals surface area contributed by atoms with Gasteiger partial charge in [0.1, 0.15) is 5.70 Å². The van der Waals surface area contributed by atoms with Gasteiger partial charge in [0.05, 0.1) is 0 Å². The second-order valence-corrected chi connectivity index (χ2v) is 5.85. The normalized spacial score (nSPS) is 15.9. The van der Waals surface area contributed by atoms with E-state index >= 15 is 0 Å². The van der Waals surface area contributed by atoms with Crippen molar-refractivity contribution in [3.8, 4) is 5.69 Å². The van der Waals surface area contributed by atoms with Gasteiger partial charge in [-0.2, -0.15) is 0 Å². The van der Waals surface area contributed by atoms with Crippen molar-refractivity contribution in [2.45, 2.75) is 27.7 Å². The first-order valence-corrected chi connectivity index (χ1v) is 7.48. The minimum Gasteiger partial charge on any atom is -0.318 e. The quantitative estimate of drug-likeness (QED) is 0.662. The van der Waals surface area contributed by atoms with E-state index in [9.17, 15) is 9.59 Å². The maximum atomic E-state index is 11.7. The Morgan fingerprint density at radius 3 is 2.43 bits per heavy atom. The highest BCUT2D eigenvalue weighted by atomic mass is 16.2. The summed E-state index contributed by atoms with van der Waals surface area (Å²) in [4.78, 5) is 22.9. The van der Waals surface area contributed by atoms with Crippen LogP contribution in [-0.4, -0.2) is 16.5 Å². The van der Waals surface area contributed by atoms with Gasteiger partial charge >= 0.3 is 6.03 Å². The summed E-state index contributed by atoms with van der Waals surface area (Å²) in [7, 11) is 0. The van der Waals surface area contributed by atoms with Crippen LogP contribution < -0.4 is 10.6 Å². The zero-order valence-electron chi connectivity index (χ0n) is 13.7. The number of carbonyl (C=O) groups excluding carboxylic acids is 2. The lowest BCUT2D eigenvalue weighted by atomic mass is 10.1. The first-order chi connectivity index (χ1) is 10.9. The molecule has 0 unspecified atom stereocenters. The first-order valence-electron chi connectivity index (χ1n) is 7.48. The lowest BCUT2D eigenvalue weighted by Gasteiger charge is -2.14. The van der Waals surface area contributed by atoms with E-state index in [1.807, 2.05) is 26.0 Å². The average Bonchev–Trinajstić information content (AvgIpc) is 2.94. The molecule has 118 valence electrons. The summed E-state index contributed by atoms with van der Waals surface area (Å²) in [5, 5.41) is 4.73. The average molecular weight is 309 g/mol. The van der Waals surface area contributed by atoms with Crippen LogP contribution in [0.15, 0.2) is 30.0 Å². The summed E-state index contributed by atoms with van der Waals surface area (Å²) in [5.74, 6) is -0.397. The van der Waals surface area contributed by atoms with Crippen LogP contribution in [0, 0.1) is 27.7 Å². The number of aromatic nitrogens is 1. The van der Waals surface area contributed by atoms with Crippen LogP contribution in [0.25, 0.3) is 11.8 Å². The molecular formula is C18H19N3O2. The fourth-order valence-corrected chi connectivity index (χ4v) is 2.92. The van der Waals surface area contributed by atoms with Gasteiger partial charge in [0.15, 0.2) is 0 Å². The number of amides is 3. The number of aryl methyl sites for hydroxylation is 2. The van der Waals surface area contributed by atoms with E-state index in [4.69, 9.17) is 0 Å². The van der Waals surface area contributed by atoms with Crippen molar-refractivity contribution in [3.63, 3.8) is 0 Å². The van der Waals surface area contributed by atoms with Gasteiger partial charge in [0.2, 0.25) is 0 Å². The van der Waals surface area contributed by atoms with E-state index in [2.05, 4.69) is 41.2 Å². The maximum Gasteiger partial charge on any atom is 0.326 e. The molecule has 2 aromatic rings. The van der Waals surface area contributed by atoms with Crippen LogP contribution in [0.4, 0.5) is 4.79 Å². The molecule has 1 aliphatic rings. The molecule has 2 N–H and O–H groups in total. The van der Waals surface area contributed by atoms with Crippen molar-refractivity contribution in [3.05, 3.63) is 58.0 Å². The Labute approximate surface area is 135 Å². The Kier molecular flexibility index (Phi) is 3.56. The summed E-state index contributed by atoms with van der Waals surface area (Å²) in [6.45, 7) is 8.24. The molecule has 3 rings (SSSR count). The van der Waals surface area contributed by atoms with E-state index in [-0.39, 0.29) is 5.70 Å². The summed E-state index contributed by atoms with van der Waals surface area (Å²) >= 11 is 0. The maximum absolute atomic E-state index is 11.7. The number of nitrogens with one attached hydrogen (secondary N) is 2. The summed E-state index contributed by atoms with van der Waals surface area (Å²) in [6.07, 6.45) is 1.71. The van der Waals surface area contributed by atoms with E-state index in [1.165, 1.54) is 11.1 Å². The van der Waals surface area contributed by atoms with Crippen molar-refractivity contribution in [1.29, 1.82) is 0 Å². The molecule has 3 amide bonds. The summed E-state index contributed by atoms with van der Waals surface area (Å²) in [5.41, 5.74) is 6.87. The monoisotopic (exact) mass is 309 g/mol. The molecule has 0 radical (unpaired) electrons. The number of carbonyl (C=O) groups is 2. The molecule has 0 atom stereocenters. The highest BCUT2D eigenvalue weighted by Gasteiger charge is 2.23. The predicted octanol–water partition coefficient (Wildman–Crippen LogP) is 2.89. The molecule has 0 spiro atoms. The molecule has 2 heterocycles. The molecular weight excluding hydrogens is 290 g/mol. The zero-order valence-corrected chi connectivity index (χ0v) is 13.7. The highest BCUT2D eigenvalue weighted by Crippen LogP contribution is 2.26. The SMILES string of the molecule is Cc1cccc(-n2c(C)cc(C=C3NC(=O)NC3=O)c2C)c1C. The van der Waals surface area contributed by atoms with Crippen LogP contribution in [0.3, 0.4) is 0 Å². The lowest BCUT2D eigenvalue weighted by Crippen LogP contribution is -2.22. The summed E-state index contributed by atoms with van der Waals surface area (Å²) < 4.78 is 2.17. The molecule has 23 heavy (non-hydrogen) atoms. The first kappa shape index (κ1) is 15.1. The number of hydrogen-bond donors (Lipinski definition) is 2. The number of rotatable bonds is 2. The highest BCUT2D eigenvalue weighted by molar-refractivity contribution is 6.14. The third kappa shape index (κ3) is 2.54. The molecule has 1 saturated heterocycles.